The standard InChI is InChI=1S/C24H25N5O5.C16H21N3O4.C9H8N2O.CH4/c1-24(2)33-19-17(11-31-14-6-4-13-5-7-18(25)28-16(13)10-14)32-23(20(19)34-24)29-9-8-15-21(29)26-12-27-22(15)30-3;1-5-10-11-12(23-16(2,3)22-11)15(21-10)19-7-6-9-13(19)17-8-18-14(9)20-4;10-9-4-2-6-1-3-7(12)5-8(6)11-9;/h4-10,12,17,19-20,23H,11H2,1-3H3,(H2,25,28);6-8,10-12,15H,5H2,1-4H3;1-5,12H,(H2,10,11);1H4/t17-,19-,20-,23-;10-,11-,12-,15-;;/m11../s1. The summed E-state index contributed by atoms with van der Waals surface area (Å²) in [6.07, 6.45) is 5.74. The fourth-order valence-corrected chi connectivity index (χ4v) is 9.36. The van der Waals surface area contributed by atoms with Gasteiger partial charge in [0.25, 0.3) is 0 Å². The van der Waals surface area contributed by atoms with Crippen molar-refractivity contribution >= 4 is 55.5 Å². The molecule has 0 spiro atoms. The van der Waals surface area contributed by atoms with Gasteiger partial charge in [0, 0.05) is 35.3 Å². The molecule has 0 aliphatic carbocycles. The lowest BCUT2D eigenvalue weighted by Gasteiger charge is -2.25. The molecular weight excluding hydrogens is 901 g/mol. The number of hydrogen-bond acceptors (Lipinski definition) is 18. The largest absolute Gasteiger partial charge is 0.508 e. The van der Waals surface area contributed by atoms with Gasteiger partial charge in [0.1, 0.15) is 84.2 Å². The van der Waals surface area contributed by atoms with Crippen molar-refractivity contribution in [3.8, 4) is 23.3 Å². The van der Waals surface area contributed by atoms with Crippen molar-refractivity contribution in [3.63, 3.8) is 0 Å². The van der Waals surface area contributed by atoms with Crippen LogP contribution in [0.2, 0.25) is 0 Å². The predicted molar refractivity (Wildman–Crippen MR) is 260 cm³/mol. The highest BCUT2D eigenvalue weighted by Gasteiger charge is 2.57. The van der Waals surface area contributed by atoms with E-state index in [9.17, 15) is 0 Å². The van der Waals surface area contributed by atoms with Gasteiger partial charge in [0.15, 0.2) is 24.0 Å². The van der Waals surface area contributed by atoms with Crippen molar-refractivity contribution in [2.75, 3.05) is 32.3 Å². The lowest BCUT2D eigenvalue weighted by Crippen LogP contribution is -2.33. The molecule has 12 rings (SSSR count). The summed E-state index contributed by atoms with van der Waals surface area (Å²) < 4.78 is 58.0. The molecule has 5 N–H and O–H groups in total. The highest BCUT2D eigenvalue weighted by atomic mass is 16.8. The number of nitrogens with two attached hydrogens (primary N) is 2. The second kappa shape index (κ2) is 19.1. The Morgan fingerprint density at radius 3 is 1.61 bits per heavy atom. The van der Waals surface area contributed by atoms with Crippen LogP contribution in [-0.2, 0) is 28.4 Å². The maximum Gasteiger partial charge on any atom is 0.225 e. The molecule has 0 amide bonds. The van der Waals surface area contributed by atoms with Gasteiger partial charge >= 0.3 is 0 Å². The van der Waals surface area contributed by atoms with E-state index in [2.05, 4.69) is 36.8 Å². The van der Waals surface area contributed by atoms with Crippen molar-refractivity contribution in [3.05, 3.63) is 97.8 Å². The Morgan fingerprint density at radius 2 is 1.09 bits per heavy atom. The van der Waals surface area contributed by atoms with Gasteiger partial charge in [-0.2, -0.15) is 0 Å². The minimum Gasteiger partial charge on any atom is -0.508 e. The molecule has 70 heavy (non-hydrogen) atoms. The number of ether oxygens (including phenoxy) is 9. The first-order valence-corrected chi connectivity index (χ1v) is 22.6. The molecule has 0 bridgehead atoms. The van der Waals surface area contributed by atoms with Gasteiger partial charge < -0.3 is 68.3 Å². The molecule has 10 heterocycles. The van der Waals surface area contributed by atoms with E-state index in [1.54, 1.807) is 44.6 Å². The maximum atomic E-state index is 9.14. The third-order valence-corrected chi connectivity index (χ3v) is 12.3. The van der Waals surface area contributed by atoms with Gasteiger partial charge in [0.2, 0.25) is 11.8 Å². The first-order valence-electron chi connectivity index (χ1n) is 22.6. The molecule has 8 atom stereocenters. The molecular formula is C50H58N10O10. The molecule has 20 nitrogen and oxygen atoms in total. The van der Waals surface area contributed by atoms with Crippen LogP contribution < -0.4 is 25.7 Å². The molecule has 8 aromatic rings. The van der Waals surface area contributed by atoms with Gasteiger partial charge in [-0.1, -0.05) is 14.4 Å². The lowest BCUT2D eigenvalue weighted by molar-refractivity contribution is -0.198. The van der Waals surface area contributed by atoms with Crippen molar-refractivity contribution < 1.29 is 47.7 Å². The summed E-state index contributed by atoms with van der Waals surface area (Å²) >= 11 is 0. The molecule has 6 aromatic heterocycles. The highest BCUT2D eigenvalue weighted by Crippen LogP contribution is 2.46. The van der Waals surface area contributed by atoms with Crippen molar-refractivity contribution in [1.82, 2.24) is 39.0 Å². The molecule has 4 fully saturated rings. The number of phenolic OH excluding ortho intramolecular Hbond substituents is 1. The summed E-state index contributed by atoms with van der Waals surface area (Å²) in [7, 11) is 3.19. The third-order valence-electron chi connectivity index (χ3n) is 12.3. The molecule has 0 radical (unpaired) electrons. The second-order valence-electron chi connectivity index (χ2n) is 17.9. The van der Waals surface area contributed by atoms with Crippen molar-refractivity contribution in [1.29, 1.82) is 0 Å². The van der Waals surface area contributed by atoms with Gasteiger partial charge in [0.05, 0.1) is 42.1 Å². The Labute approximate surface area is 403 Å². The van der Waals surface area contributed by atoms with E-state index < -0.39 is 17.8 Å². The molecule has 0 saturated carbocycles. The van der Waals surface area contributed by atoms with Crippen LogP contribution in [0.1, 0.15) is 60.9 Å². The Kier molecular flexibility index (Phi) is 13.1. The topological polar surface area (TPSA) is 243 Å². The van der Waals surface area contributed by atoms with E-state index in [1.165, 1.54) is 12.7 Å². The van der Waals surface area contributed by atoms with Gasteiger partial charge in [-0.25, -0.2) is 29.9 Å². The maximum absolute atomic E-state index is 9.14. The van der Waals surface area contributed by atoms with Crippen LogP contribution in [0.15, 0.2) is 97.8 Å². The molecule has 0 unspecified atom stereocenters. The summed E-state index contributed by atoms with van der Waals surface area (Å²) in [5, 5.41) is 12.8. The zero-order valence-electron chi connectivity index (χ0n) is 39.1. The normalized spacial score (nSPS) is 24.8. The summed E-state index contributed by atoms with van der Waals surface area (Å²) in [5.41, 5.74) is 14.3. The number of phenols is 1. The van der Waals surface area contributed by atoms with Gasteiger partial charge in [-0.3, -0.25) is 0 Å². The zero-order valence-corrected chi connectivity index (χ0v) is 39.1. The number of hydrogen-bond donors (Lipinski definition) is 3. The number of pyridine rings is 2. The quantitative estimate of drug-likeness (QED) is 0.134. The monoisotopic (exact) mass is 958 g/mol. The SMILES string of the molecule is C.CC[C@H]1O[C@@H](n2ccc3c(OC)ncnc32)[C@@H]2OC(C)(C)O[C@@H]21.COc1ncnc2c1ccn2[C@@H]1O[C@H](COc2ccc3ccc(N)nc3c2)[C@H]2OC(C)(C)O[C@H]21.Nc1ccc2ccc(O)cc2n1. The number of nitrogens with zero attached hydrogens (tertiary/aromatic N) is 8. The Balaban J connectivity index is 0.000000145. The lowest BCUT2D eigenvalue weighted by atomic mass is 10.1. The molecule has 368 valence electrons. The van der Waals surface area contributed by atoms with E-state index in [-0.39, 0.29) is 62.6 Å². The average Bonchev–Trinajstić information content (AvgIpc) is 4.19. The van der Waals surface area contributed by atoms with Crippen LogP contribution in [0.3, 0.4) is 0 Å². The summed E-state index contributed by atoms with van der Waals surface area (Å²) in [4.78, 5) is 25.6. The van der Waals surface area contributed by atoms with Crippen molar-refractivity contribution in [2.24, 2.45) is 0 Å². The summed E-state index contributed by atoms with van der Waals surface area (Å²) in [6, 6.07) is 21.9. The van der Waals surface area contributed by atoms with Gasteiger partial charge in [-0.05, 0) is 94.8 Å². The van der Waals surface area contributed by atoms with Crippen LogP contribution in [-0.4, -0.2) is 113 Å². The van der Waals surface area contributed by atoms with E-state index in [1.807, 2.05) is 91.7 Å². The van der Waals surface area contributed by atoms with E-state index in [0.717, 1.165) is 44.6 Å². The second-order valence-corrected chi connectivity index (χ2v) is 17.9. The number of benzene rings is 2. The number of nitrogen functional groups attached to an aromatic ring is 2. The Morgan fingerprint density at radius 1 is 0.614 bits per heavy atom. The number of aromatic nitrogens is 8. The fourth-order valence-electron chi connectivity index (χ4n) is 9.36. The molecule has 4 aliphatic heterocycles. The summed E-state index contributed by atoms with van der Waals surface area (Å²) in [6.45, 7) is 10.1. The first-order chi connectivity index (χ1) is 33.2. The van der Waals surface area contributed by atoms with E-state index in [0.29, 0.717) is 34.8 Å². The van der Waals surface area contributed by atoms with E-state index in [4.69, 9.17) is 59.2 Å². The van der Waals surface area contributed by atoms with Crippen LogP contribution >= 0.6 is 0 Å². The van der Waals surface area contributed by atoms with Crippen LogP contribution in [0.4, 0.5) is 11.6 Å². The number of aromatic hydroxyl groups is 1. The Hall–Kier alpha value is -6.94. The fraction of sp³-hybridized carbons (Fsp3) is 0.400. The minimum atomic E-state index is -0.740. The smallest absolute Gasteiger partial charge is 0.225 e. The highest BCUT2D eigenvalue weighted by molar-refractivity contribution is 5.83. The van der Waals surface area contributed by atoms with Crippen LogP contribution in [0, 0.1) is 0 Å². The Bertz CT molecular complexity index is 3110. The minimum absolute atomic E-state index is 0. The molecule has 20 heteroatoms. The predicted octanol–water partition coefficient (Wildman–Crippen LogP) is 7.49. The molecule has 4 aliphatic rings. The number of methoxy groups -OCH3 is 2. The number of rotatable bonds is 8. The summed E-state index contributed by atoms with van der Waals surface area (Å²) in [5.74, 6) is 1.54. The first kappa shape index (κ1) is 48.1. The third kappa shape index (κ3) is 9.28. The van der Waals surface area contributed by atoms with Crippen LogP contribution in [0.5, 0.6) is 23.3 Å². The van der Waals surface area contributed by atoms with E-state index >= 15 is 0 Å². The number of fused-ring (bicyclic) bond motifs is 6. The zero-order chi connectivity index (χ0) is 48.2. The average molecular weight is 959 g/mol. The molecule has 4 saturated heterocycles. The van der Waals surface area contributed by atoms with Crippen molar-refractivity contribution in [2.45, 2.75) is 109 Å². The number of anilines is 2. The van der Waals surface area contributed by atoms with Gasteiger partial charge in [-0.15, -0.1) is 0 Å². The molecule has 2 aromatic carbocycles. The van der Waals surface area contributed by atoms with Crippen LogP contribution in [0.25, 0.3) is 43.9 Å².